The molecule has 1 aliphatic heterocycles. The molecule has 16 heavy (non-hydrogen) atoms. The molecule has 0 amide bonds. The third-order valence-corrected chi connectivity index (χ3v) is 4.05. The maximum absolute atomic E-state index is 14.4. The predicted octanol–water partition coefficient (Wildman–Crippen LogP) is 2.33. The molecular formula is C13H27FN2. The summed E-state index contributed by atoms with van der Waals surface area (Å²) in [7, 11) is 0. The van der Waals surface area contributed by atoms with E-state index in [0.29, 0.717) is 18.4 Å². The Labute approximate surface area is 99.2 Å². The summed E-state index contributed by atoms with van der Waals surface area (Å²) < 4.78 is 14.4. The van der Waals surface area contributed by atoms with Crippen molar-refractivity contribution in [3.05, 3.63) is 0 Å². The molecule has 1 rings (SSSR count). The molecule has 1 fully saturated rings. The van der Waals surface area contributed by atoms with Crippen molar-refractivity contribution < 1.29 is 4.39 Å². The normalized spacial score (nSPS) is 30.4. The van der Waals surface area contributed by atoms with Crippen LogP contribution in [0, 0.1) is 17.8 Å². The van der Waals surface area contributed by atoms with E-state index in [1.54, 1.807) is 0 Å². The van der Waals surface area contributed by atoms with Gasteiger partial charge in [0.1, 0.15) is 6.17 Å². The zero-order valence-corrected chi connectivity index (χ0v) is 10.9. The largest absolute Gasteiger partial charge is 0.330 e. The summed E-state index contributed by atoms with van der Waals surface area (Å²) in [6.07, 6.45) is 2.54. The Bertz CT molecular complexity index is 196. The lowest BCUT2D eigenvalue weighted by molar-refractivity contribution is 0.108. The van der Waals surface area contributed by atoms with Crippen molar-refractivity contribution >= 4 is 0 Å². The van der Waals surface area contributed by atoms with Crippen LogP contribution in [0.1, 0.15) is 40.0 Å². The minimum Gasteiger partial charge on any atom is -0.330 e. The van der Waals surface area contributed by atoms with Crippen molar-refractivity contribution in [2.24, 2.45) is 23.5 Å². The van der Waals surface area contributed by atoms with E-state index in [4.69, 9.17) is 5.73 Å². The number of nitrogens with one attached hydrogen (secondary N) is 1. The predicted molar refractivity (Wildman–Crippen MR) is 67.1 cm³/mol. The average molecular weight is 230 g/mol. The number of rotatable bonds is 5. The van der Waals surface area contributed by atoms with Gasteiger partial charge >= 0.3 is 0 Å². The molecule has 3 heteroatoms. The van der Waals surface area contributed by atoms with Crippen molar-refractivity contribution in [3.63, 3.8) is 0 Å². The summed E-state index contributed by atoms with van der Waals surface area (Å²) in [5, 5.41) is 3.32. The summed E-state index contributed by atoms with van der Waals surface area (Å²) in [4.78, 5) is 0. The molecule has 1 aliphatic rings. The lowest BCUT2D eigenvalue weighted by Crippen LogP contribution is -2.49. The standard InChI is InChI=1S/C13H27FN2/c1-4-10-5-6-16-12(7-10)13(14)11(8-15)9(2)3/h9-13,16H,4-8,15H2,1-3H3. The Hall–Kier alpha value is -0.150. The first-order valence-corrected chi connectivity index (χ1v) is 6.67. The molecule has 1 heterocycles. The van der Waals surface area contributed by atoms with Gasteiger partial charge in [0, 0.05) is 12.0 Å². The molecule has 0 radical (unpaired) electrons. The monoisotopic (exact) mass is 230 g/mol. The van der Waals surface area contributed by atoms with Gasteiger partial charge in [-0.05, 0) is 37.8 Å². The summed E-state index contributed by atoms with van der Waals surface area (Å²) in [6, 6.07) is 0.0228. The van der Waals surface area contributed by atoms with Crippen molar-refractivity contribution in [3.8, 4) is 0 Å². The number of halogens is 1. The molecule has 0 saturated carbocycles. The lowest BCUT2D eigenvalue weighted by atomic mass is 9.81. The van der Waals surface area contributed by atoms with Gasteiger partial charge in [-0.1, -0.05) is 27.2 Å². The smallest absolute Gasteiger partial charge is 0.120 e. The second-order valence-corrected chi connectivity index (χ2v) is 5.45. The fraction of sp³-hybridized carbons (Fsp3) is 1.00. The average Bonchev–Trinajstić information content (AvgIpc) is 2.29. The first kappa shape index (κ1) is 13.9. The van der Waals surface area contributed by atoms with Crippen LogP contribution in [0.15, 0.2) is 0 Å². The molecule has 0 aromatic rings. The number of alkyl halides is 1. The molecule has 0 aromatic heterocycles. The fourth-order valence-corrected chi connectivity index (χ4v) is 2.71. The Morgan fingerprint density at radius 1 is 1.44 bits per heavy atom. The molecule has 2 nitrogen and oxygen atoms in total. The van der Waals surface area contributed by atoms with Gasteiger partial charge in [0.05, 0.1) is 0 Å². The summed E-state index contributed by atoms with van der Waals surface area (Å²) in [5.74, 6) is 1.01. The highest BCUT2D eigenvalue weighted by Gasteiger charge is 2.33. The Balaban J connectivity index is 2.54. The van der Waals surface area contributed by atoms with Gasteiger partial charge in [-0.15, -0.1) is 0 Å². The maximum Gasteiger partial charge on any atom is 0.120 e. The molecule has 0 bridgehead atoms. The zero-order valence-electron chi connectivity index (χ0n) is 10.9. The molecule has 1 saturated heterocycles. The van der Waals surface area contributed by atoms with Crippen LogP contribution in [0.5, 0.6) is 0 Å². The van der Waals surface area contributed by atoms with E-state index < -0.39 is 6.17 Å². The van der Waals surface area contributed by atoms with Gasteiger partial charge < -0.3 is 11.1 Å². The van der Waals surface area contributed by atoms with Crippen LogP contribution >= 0.6 is 0 Å². The zero-order chi connectivity index (χ0) is 12.1. The summed E-state index contributed by atoms with van der Waals surface area (Å²) >= 11 is 0. The molecule has 0 aliphatic carbocycles. The van der Waals surface area contributed by atoms with Crippen LogP contribution < -0.4 is 11.1 Å². The van der Waals surface area contributed by atoms with E-state index in [1.165, 1.54) is 12.8 Å². The van der Waals surface area contributed by atoms with E-state index in [2.05, 4.69) is 26.1 Å². The second kappa shape index (κ2) is 6.55. The number of nitrogens with two attached hydrogens (primary N) is 1. The van der Waals surface area contributed by atoms with Crippen LogP contribution in [0.25, 0.3) is 0 Å². The van der Waals surface area contributed by atoms with Gasteiger partial charge in [-0.25, -0.2) is 4.39 Å². The van der Waals surface area contributed by atoms with Gasteiger partial charge in [0.25, 0.3) is 0 Å². The summed E-state index contributed by atoms with van der Waals surface area (Å²) in [6.45, 7) is 7.73. The van der Waals surface area contributed by atoms with Crippen LogP contribution in [0.4, 0.5) is 4.39 Å². The van der Waals surface area contributed by atoms with Crippen LogP contribution in [0.3, 0.4) is 0 Å². The van der Waals surface area contributed by atoms with Crippen LogP contribution in [-0.4, -0.2) is 25.3 Å². The SMILES string of the molecule is CCC1CCNC(C(F)C(CN)C(C)C)C1. The van der Waals surface area contributed by atoms with Gasteiger partial charge in [0.15, 0.2) is 0 Å². The minimum absolute atomic E-state index is 0.00638. The highest BCUT2D eigenvalue weighted by atomic mass is 19.1. The van der Waals surface area contributed by atoms with Crippen LogP contribution in [0.2, 0.25) is 0 Å². The molecule has 3 N–H and O–H groups in total. The molecule has 0 aromatic carbocycles. The molecular weight excluding hydrogens is 203 g/mol. The Kier molecular flexibility index (Phi) is 5.70. The van der Waals surface area contributed by atoms with Crippen molar-refractivity contribution in [2.75, 3.05) is 13.1 Å². The highest BCUT2D eigenvalue weighted by Crippen LogP contribution is 2.27. The number of hydrogen-bond donors (Lipinski definition) is 2. The quantitative estimate of drug-likeness (QED) is 0.761. The van der Waals surface area contributed by atoms with Crippen molar-refractivity contribution in [1.82, 2.24) is 5.32 Å². The van der Waals surface area contributed by atoms with Crippen molar-refractivity contribution in [2.45, 2.75) is 52.2 Å². The van der Waals surface area contributed by atoms with E-state index in [1.807, 2.05) is 0 Å². The number of piperidine rings is 1. The summed E-state index contributed by atoms with van der Waals surface area (Å²) in [5.41, 5.74) is 5.68. The third kappa shape index (κ3) is 3.42. The molecule has 4 atom stereocenters. The van der Waals surface area contributed by atoms with E-state index in [9.17, 15) is 4.39 Å². The Morgan fingerprint density at radius 2 is 2.12 bits per heavy atom. The van der Waals surface area contributed by atoms with Gasteiger partial charge in [-0.2, -0.15) is 0 Å². The third-order valence-electron chi connectivity index (χ3n) is 4.05. The van der Waals surface area contributed by atoms with E-state index in [-0.39, 0.29) is 12.0 Å². The Morgan fingerprint density at radius 3 is 2.62 bits per heavy atom. The van der Waals surface area contributed by atoms with E-state index >= 15 is 0 Å². The molecule has 96 valence electrons. The lowest BCUT2D eigenvalue weighted by Gasteiger charge is -2.36. The van der Waals surface area contributed by atoms with Gasteiger partial charge in [0.2, 0.25) is 0 Å². The van der Waals surface area contributed by atoms with Crippen LogP contribution in [-0.2, 0) is 0 Å². The maximum atomic E-state index is 14.4. The molecule has 0 spiro atoms. The first-order chi connectivity index (χ1) is 7.60. The second-order valence-electron chi connectivity index (χ2n) is 5.45. The highest BCUT2D eigenvalue weighted by molar-refractivity contribution is 4.88. The molecule has 4 unspecified atom stereocenters. The van der Waals surface area contributed by atoms with E-state index in [0.717, 1.165) is 13.0 Å². The number of hydrogen-bond acceptors (Lipinski definition) is 2. The fourth-order valence-electron chi connectivity index (χ4n) is 2.71. The minimum atomic E-state index is -0.792. The van der Waals surface area contributed by atoms with Gasteiger partial charge in [-0.3, -0.25) is 0 Å². The van der Waals surface area contributed by atoms with Crippen molar-refractivity contribution in [1.29, 1.82) is 0 Å². The topological polar surface area (TPSA) is 38.0 Å². The first-order valence-electron chi connectivity index (χ1n) is 6.67.